The maximum Gasteiger partial charge on any atom is 0.268 e. The number of anilines is 1. The molecule has 0 atom stereocenters. The van der Waals surface area contributed by atoms with Crippen molar-refractivity contribution in [1.82, 2.24) is 4.31 Å². The first-order valence-corrected chi connectivity index (χ1v) is 9.62. The van der Waals surface area contributed by atoms with Crippen LogP contribution in [-0.2, 0) is 19.6 Å². The summed E-state index contributed by atoms with van der Waals surface area (Å²) in [7, 11) is -4.17. The monoisotopic (exact) mass is 408 g/mol. The molecule has 9 heteroatoms. The summed E-state index contributed by atoms with van der Waals surface area (Å²) >= 11 is 5.84. The number of nitrogens with zero attached hydrogens (tertiary/aromatic N) is 1. The van der Waals surface area contributed by atoms with Gasteiger partial charge in [-0.05, 0) is 30.7 Å². The van der Waals surface area contributed by atoms with Crippen LogP contribution in [0.5, 0.6) is 0 Å². The van der Waals surface area contributed by atoms with Gasteiger partial charge in [-0.15, -0.1) is 0 Å². The lowest BCUT2D eigenvalue weighted by atomic mass is 10.1. The van der Waals surface area contributed by atoms with Crippen LogP contribution in [0.25, 0.3) is 4.91 Å². The van der Waals surface area contributed by atoms with Crippen molar-refractivity contribution in [2.45, 2.75) is 6.92 Å². The minimum atomic E-state index is -4.17. The third-order valence-electron chi connectivity index (χ3n) is 3.96. The Hall–Kier alpha value is -2.71. The molecule has 0 aliphatic carbocycles. The molecule has 1 N–H and O–H groups in total. The first-order valence-electron chi connectivity index (χ1n) is 7.80. The van der Waals surface area contributed by atoms with Crippen LogP contribution in [0.4, 0.5) is 10.1 Å². The van der Waals surface area contributed by atoms with Gasteiger partial charge >= 0.3 is 0 Å². The molecule has 0 fully saturated rings. The van der Waals surface area contributed by atoms with Crippen molar-refractivity contribution in [3.05, 3.63) is 70.5 Å². The lowest BCUT2D eigenvalue weighted by molar-refractivity contribution is -0.126. The van der Waals surface area contributed by atoms with E-state index in [1.54, 1.807) is 30.3 Å². The Balaban J connectivity index is 1.84. The van der Waals surface area contributed by atoms with Gasteiger partial charge in [0.15, 0.2) is 0 Å². The highest BCUT2D eigenvalue weighted by atomic mass is 35.5. The molecule has 1 heterocycles. The molecule has 0 saturated carbocycles. The number of carbonyl (C=O) groups is 2. The van der Waals surface area contributed by atoms with Gasteiger partial charge in [0.05, 0.1) is 10.7 Å². The van der Waals surface area contributed by atoms with Crippen LogP contribution in [0.3, 0.4) is 0 Å². The molecule has 140 valence electrons. The molecule has 0 unspecified atom stereocenters. The third-order valence-corrected chi connectivity index (χ3v) is 6.21. The van der Waals surface area contributed by atoms with Gasteiger partial charge in [-0.25, -0.2) is 17.1 Å². The van der Waals surface area contributed by atoms with Gasteiger partial charge < -0.3 is 5.32 Å². The predicted molar refractivity (Wildman–Crippen MR) is 99.7 cm³/mol. The Kier molecular flexibility index (Phi) is 5.03. The molecule has 2 amide bonds. The number of nitrogens with one attached hydrogen (secondary N) is 1. The van der Waals surface area contributed by atoms with Crippen molar-refractivity contribution in [1.29, 1.82) is 0 Å². The Morgan fingerprint density at radius 3 is 2.48 bits per heavy atom. The second kappa shape index (κ2) is 7.13. The summed E-state index contributed by atoms with van der Waals surface area (Å²) < 4.78 is 39.2. The van der Waals surface area contributed by atoms with Crippen molar-refractivity contribution >= 4 is 44.0 Å². The summed E-state index contributed by atoms with van der Waals surface area (Å²) in [6.45, 7) is 0.680. The number of benzene rings is 2. The summed E-state index contributed by atoms with van der Waals surface area (Å²) in [6, 6.07) is 11.5. The van der Waals surface area contributed by atoms with Gasteiger partial charge in [0.25, 0.3) is 15.9 Å². The molecular formula is C18H14ClFN2O4S. The Morgan fingerprint density at radius 1 is 1.19 bits per heavy atom. The molecule has 0 spiro atoms. The molecule has 27 heavy (non-hydrogen) atoms. The maximum absolute atomic E-state index is 13.1. The second-order valence-electron chi connectivity index (χ2n) is 5.81. The molecule has 1 aliphatic heterocycles. The molecule has 0 aromatic heterocycles. The number of hydrogen-bond donors (Lipinski definition) is 1. The quantitative estimate of drug-likeness (QED) is 0.842. The van der Waals surface area contributed by atoms with E-state index in [-0.39, 0.29) is 21.2 Å². The fraction of sp³-hybridized carbons (Fsp3) is 0.111. The Morgan fingerprint density at radius 2 is 1.85 bits per heavy atom. The summed E-state index contributed by atoms with van der Waals surface area (Å²) in [5.41, 5.74) is 0.515. The first-order chi connectivity index (χ1) is 12.7. The number of rotatable bonds is 4. The van der Waals surface area contributed by atoms with Crippen LogP contribution in [0, 0.1) is 5.82 Å². The molecule has 0 bridgehead atoms. The topological polar surface area (TPSA) is 83.6 Å². The average Bonchev–Trinajstić information content (AvgIpc) is 2.78. The fourth-order valence-electron chi connectivity index (χ4n) is 2.72. The first kappa shape index (κ1) is 19.1. The van der Waals surface area contributed by atoms with Gasteiger partial charge in [0.2, 0.25) is 5.91 Å². The van der Waals surface area contributed by atoms with Crippen LogP contribution >= 0.6 is 11.6 Å². The summed E-state index contributed by atoms with van der Waals surface area (Å²) in [5, 5.41) is 2.33. The fourth-order valence-corrected chi connectivity index (χ4v) is 4.71. The molecule has 2 aromatic rings. The maximum atomic E-state index is 13.1. The molecule has 0 saturated heterocycles. The van der Waals surface area contributed by atoms with Gasteiger partial charge in [-0.3, -0.25) is 9.59 Å². The van der Waals surface area contributed by atoms with E-state index < -0.39 is 34.2 Å². The summed E-state index contributed by atoms with van der Waals surface area (Å²) in [5.74, 6) is -2.13. The zero-order valence-electron chi connectivity index (χ0n) is 14.1. The minimum absolute atomic E-state index is 0.0359. The summed E-state index contributed by atoms with van der Waals surface area (Å²) in [6.07, 6.45) is 0. The molecular weight excluding hydrogens is 395 g/mol. The van der Waals surface area contributed by atoms with E-state index in [1.165, 1.54) is 13.0 Å². The van der Waals surface area contributed by atoms with Crippen molar-refractivity contribution in [2.24, 2.45) is 0 Å². The zero-order chi connectivity index (χ0) is 19.8. The molecule has 0 radical (unpaired) electrons. The van der Waals surface area contributed by atoms with Gasteiger partial charge in [-0.2, -0.15) is 0 Å². The lowest BCUT2D eigenvalue weighted by Gasteiger charge is -2.16. The van der Waals surface area contributed by atoms with Crippen molar-refractivity contribution < 1.29 is 22.4 Å². The second-order valence-corrected chi connectivity index (χ2v) is 8.02. The van der Waals surface area contributed by atoms with E-state index in [4.69, 9.17) is 11.6 Å². The number of hydrogen-bond acceptors (Lipinski definition) is 4. The number of halogens is 2. The molecule has 3 rings (SSSR count). The predicted octanol–water partition coefficient (Wildman–Crippen LogP) is 3.02. The highest BCUT2D eigenvalue weighted by Crippen LogP contribution is 2.35. The van der Waals surface area contributed by atoms with Crippen molar-refractivity contribution in [2.75, 3.05) is 11.9 Å². The van der Waals surface area contributed by atoms with Gasteiger partial charge in [-0.1, -0.05) is 41.9 Å². The number of sulfonamides is 1. The van der Waals surface area contributed by atoms with Crippen molar-refractivity contribution in [3.8, 4) is 0 Å². The number of carbonyl (C=O) groups excluding carboxylic acids is 2. The molecule has 6 nitrogen and oxygen atoms in total. The van der Waals surface area contributed by atoms with Gasteiger partial charge in [0.1, 0.15) is 17.3 Å². The minimum Gasteiger partial charge on any atom is -0.323 e. The van der Waals surface area contributed by atoms with E-state index in [0.29, 0.717) is 9.87 Å². The summed E-state index contributed by atoms with van der Waals surface area (Å²) in [4.78, 5) is 24.6. The Labute approximate surface area is 160 Å². The van der Waals surface area contributed by atoms with Crippen LogP contribution < -0.4 is 5.32 Å². The zero-order valence-corrected chi connectivity index (χ0v) is 15.6. The standard InChI is InChI=1S/C18H14ClFN2O4S/c1-11-17(12-5-3-2-4-6-12)27(25,26)22(18(11)24)10-16(23)21-15-8-7-13(20)9-14(15)19/h2-9H,10H2,1H3,(H,21,23). The highest BCUT2D eigenvalue weighted by molar-refractivity contribution is 7.99. The smallest absolute Gasteiger partial charge is 0.268 e. The van der Waals surface area contributed by atoms with Crippen LogP contribution in [-0.4, -0.2) is 31.1 Å². The average molecular weight is 409 g/mol. The molecule has 2 aromatic carbocycles. The van der Waals surface area contributed by atoms with E-state index in [9.17, 15) is 22.4 Å². The Bertz CT molecular complexity index is 1070. The van der Waals surface area contributed by atoms with Crippen LogP contribution in [0.2, 0.25) is 5.02 Å². The SMILES string of the molecule is CC1=C(c2ccccc2)S(=O)(=O)N(CC(=O)Nc2ccc(F)cc2Cl)C1=O. The van der Waals surface area contributed by atoms with Crippen LogP contribution in [0.15, 0.2) is 54.1 Å². The van der Waals surface area contributed by atoms with Crippen molar-refractivity contribution in [3.63, 3.8) is 0 Å². The third kappa shape index (κ3) is 3.58. The highest BCUT2D eigenvalue weighted by Gasteiger charge is 2.43. The van der Waals surface area contributed by atoms with Gasteiger partial charge in [0, 0.05) is 5.57 Å². The lowest BCUT2D eigenvalue weighted by Crippen LogP contribution is -2.38. The number of amides is 2. The largest absolute Gasteiger partial charge is 0.323 e. The normalized spacial score (nSPS) is 16.0. The van der Waals surface area contributed by atoms with E-state index in [2.05, 4.69) is 5.32 Å². The van der Waals surface area contributed by atoms with E-state index >= 15 is 0 Å². The van der Waals surface area contributed by atoms with E-state index in [0.717, 1.165) is 12.1 Å². The molecule has 1 aliphatic rings. The van der Waals surface area contributed by atoms with Crippen LogP contribution in [0.1, 0.15) is 12.5 Å². The van der Waals surface area contributed by atoms with E-state index in [1.807, 2.05) is 0 Å².